The second kappa shape index (κ2) is 13.6. The van der Waals surface area contributed by atoms with Gasteiger partial charge in [0.05, 0.1) is 10.6 Å². The zero-order valence-corrected chi connectivity index (χ0v) is 25.2. The summed E-state index contributed by atoms with van der Waals surface area (Å²) < 4.78 is 29.1. The average Bonchev–Trinajstić information content (AvgIpc) is 2.89. The number of carbonyl (C=O) groups is 2. The Morgan fingerprint density at radius 1 is 0.850 bits per heavy atom. The molecule has 0 saturated heterocycles. The summed E-state index contributed by atoms with van der Waals surface area (Å²) in [5, 5.41) is 2.91. The molecule has 40 heavy (non-hydrogen) atoms. The van der Waals surface area contributed by atoms with Gasteiger partial charge in [-0.05, 0) is 82.0 Å². The van der Waals surface area contributed by atoms with Gasteiger partial charge in [0.15, 0.2) is 0 Å². The number of benzene rings is 3. The van der Waals surface area contributed by atoms with E-state index < -0.39 is 28.5 Å². The van der Waals surface area contributed by atoms with E-state index in [1.807, 2.05) is 65.0 Å². The molecule has 0 unspecified atom stereocenters. The van der Waals surface area contributed by atoms with Gasteiger partial charge < -0.3 is 10.2 Å². The molecule has 0 bridgehead atoms. The second-order valence-corrected chi connectivity index (χ2v) is 12.4. The van der Waals surface area contributed by atoms with Crippen molar-refractivity contribution in [3.63, 3.8) is 0 Å². The molecule has 0 saturated carbocycles. The molecule has 0 aromatic heterocycles. The lowest BCUT2D eigenvalue weighted by molar-refractivity contribution is -0.139. The molecule has 0 spiro atoms. The number of hydrogen-bond donors (Lipinski definition) is 1. The fourth-order valence-corrected chi connectivity index (χ4v) is 5.98. The van der Waals surface area contributed by atoms with Crippen LogP contribution in [0.2, 0.25) is 0 Å². The third-order valence-corrected chi connectivity index (χ3v) is 8.60. The minimum atomic E-state index is -4.09. The third kappa shape index (κ3) is 7.94. The van der Waals surface area contributed by atoms with E-state index in [0.717, 1.165) is 45.0 Å². The van der Waals surface area contributed by atoms with Gasteiger partial charge in [0.25, 0.3) is 10.0 Å². The maximum atomic E-state index is 14.0. The number of nitrogens with zero attached hydrogens (tertiary/aromatic N) is 2. The van der Waals surface area contributed by atoms with Crippen LogP contribution in [-0.4, -0.2) is 44.3 Å². The van der Waals surface area contributed by atoms with Crippen LogP contribution in [0.1, 0.15) is 54.5 Å². The molecule has 1 N–H and O–H groups in total. The molecular weight excluding hydrogens is 522 g/mol. The van der Waals surface area contributed by atoms with Crippen molar-refractivity contribution in [2.24, 2.45) is 0 Å². The summed E-state index contributed by atoms with van der Waals surface area (Å²) in [5.74, 6) is -0.733. The maximum absolute atomic E-state index is 14.0. The molecule has 0 aliphatic carbocycles. The minimum Gasteiger partial charge on any atom is -0.354 e. The van der Waals surface area contributed by atoms with Gasteiger partial charge in [-0.1, -0.05) is 66.9 Å². The predicted molar refractivity (Wildman–Crippen MR) is 161 cm³/mol. The van der Waals surface area contributed by atoms with Crippen molar-refractivity contribution in [3.05, 3.63) is 94.5 Å². The monoisotopic (exact) mass is 563 g/mol. The van der Waals surface area contributed by atoms with Crippen molar-refractivity contribution in [1.82, 2.24) is 10.2 Å². The van der Waals surface area contributed by atoms with Crippen LogP contribution < -0.4 is 9.62 Å². The van der Waals surface area contributed by atoms with Crippen LogP contribution in [-0.2, 0) is 26.2 Å². The summed E-state index contributed by atoms with van der Waals surface area (Å²) in [6.45, 7) is 11.6. The first-order valence-corrected chi connectivity index (χ1v) is 15.2. The maximum Gasteiger partial charge on any atom is 0.264 e. The number of carbonyl (C=O) groups excluding carboxylic acids is 2. The molecule has 3 aromatic rings. The summed E-state index contributed by atoms with van der Waals surface area (Å²) in [6.07, 6.45) is 1.77. The Labute approximate surface area is 239 Å². The fraction of sp³-hybridized carbons (Fsp3) is 0.375. The third-order valence-electron chi connectivity index (χ3n) is 6.81. The second-order valence-electron chi connectivity index (χ2n) is 10.5. The Morgan fingerprint density at radius 2 is 1.50 bits per heavy atom. The number of nitrogens with one attached hydrogen (secondary N) is 1. The standard InChI is InChI=1S/C32H41N3O4S/c1-7-8-16-33-32(37)27(6)34(21-28-11-9-10-24(3)18-28)31(36)22-35(29-19-25(4)17-26(5)20-29)40(38,39)30-14-12-23(2)13-15-30/h9-15,17-20,27H,7-8,16,21-22H2,1-6H3,(H,33,37)/t27-/m1/s1. The SMILES string of the molecule is CCCCNC(=O)[C@@H](C)N(Cc1cccc(C)c1)C(=O)CN(c1cc(C)cc(C)c1)S(=O)(=O)c1ccc(C)cc1. The molecule has 0 heterocycles. The van der Waals surface area contributed by atoms with E-state index in [9.17, 15) is 18.0 Å². The first kappa shape index (κ1) is 30.9. The summed E-state index contributed by atoms with van der Waals surface area (Å²) in [5.41, 5.74) is 4.99. The van der Waals surface area contributed by atoms with Crippen LogP contribution in [0.3, 0.4) is 0 Å². The zero-order valence-electron chi connectivity index (χ0n) is 24.4. The summed E-state index contributed by atoms with van der Waals surface area (Å²) >= 11 is 0. The first-order chi connectivity index (χ1) is 18.9. The molecule has 3 rings (SSSR count). The molecule has 0 aliphatic rings. The van der Waals surface area contributed by atoms with Crippen molar-refractivity contribution in [1.29, 1.82) is 0 Å². The van der Waals surface area contributed by atoms with Crippen molar-refractivity contribution in [2.45, 2.75) is 71.9 Å². The molecule has 3 aromatic carbocycles. The van der Waals surface area contributed by atoms with Gasteiger partial charge in [0, 0.05) is 13.1 Å². The van der Waals surface area contributed by atoms with Crippen LogP contribution in [0.25, 0.3) is 0 Å². The molecule has 8 heteroatoms. The number of amides is 2. The minimum absolute atomic E-state index is 0.0978. The lowest BCUT2D eigenvalue weighted by Crippen LogP contribution is -2.51. The number of hydrogen-bond acceptors (Lipinski definition) is 4. The van der Waals surface area contributed by atoms with E-state index in [1.54, 1.807) is 43.3 Å². The van der Waals surface area contributed by atoms with Gasteiger partial charge in [0.2, 0.25) is 11.8 Å². The van der Waals surface area contributed by atoms with Crippen molar-refractivity contribution in [2.75, 3.05) is 17.4 Å². The number of anilines is 1. The lowest BCUT2D eigenvalue weighted by atomic mass is 10.1. The highest BCUT2D eigenvalue weighted by molar-refractivity contribution is 7.92. The van der Waals surface area contributed by atoms with Gasteiger partial charge in [-0.15, -0.1) is 0 Å². The van der Waals surface area contributed by atoms with Gasteiger partial charge in [-0.3, -0.25) is 13.9 Å². The lowest BCUT2D eigenvalue weighted by Gasteiger charge is -2.32. The molecule has 214 valence electrons. The smallest absolute Gasteiger partial charge is 0.264 e. The Morgan fingerprint density at radius 3 is 2.10 bits per heavy atom. The summed E-state index contributed by atoms with van der Waals surface area (Å²) in [7, 11) is -4.09. The van der Waals surface area contributed by atoms with Crippen molar-refractivity contribution in [3.8, 4) is 0 Å². The van der Waals surface area contributed by atoms with E-state index in [2.05, 4.69) is 5.32 Å². The van der Waals surface area contributed by atoms with Crippen LogP contribution in [0.15, 0.2) is 71.6 Å². The van der Waals surface area contributed by atoms with Crippen molar-refractivity contribution < 1.29 is 18.0 Å². The van der Waals surface area contributed by atoms with Gasteiger partial charge in [0.1, 0.15) is 12.6 Å². The zero-order chi connectivity index (χ0) is 29.4. The van der Waals surface area contributed by atoms with Crippen molar-refractivity contribution >= 4 is 27.5 Å². The molecule has 7 nitrogen and oxygen atoms in total. The quantitative estimate of drug-likeness (QED) is 0.297. The van der Waals surface area contributed by atoms with E-state index >= 15 is 0 Å². The highest BCUT2D eigenvalue weighted by atomic mass is 32.2. The highest BCUT2D eigenvalue weighted by Gasteiger charge is 2.32. The van der Waals surface area contributed by atoms with Crippen LogP contribution in [0.4, 0.5) is 5.69 Å². The Kier molecular flexibility index (Phi) is 10.5. The topological polar surface area (TPSA) is 86.8 Å². The van der Waals surface area contributed by atoms with Crippen LogP contribution >= 0.6 is 0 Å². The number of unbranched alkanes of at least 4 members (excludes halogenated alkanes) is 1. The number of sulfonamides is 1. The number of rotatable bonds is 12. The molecule has 0 aliphatic heterocycles. The normalized spacial score (nSPS) is 12.1. The van der Waals surface area contributed by atoms with E-state index in [-0.39, 0.29) is 17.3 Å². The predicted octanol–water partition coefficient (Wildman–Crippen LogP) is 5.45. The van der Waals surface area contributed by atoms with Gasteiger partial charge in [-0.2, -0.15) is 0 Å². The molecule has 0 fully saturated rings. The number of aryl methyl sites for hydroxylation is 4. The fourth-order valence-electron chi connectivity index (χ4n) is 4.59. The van der Waals surface area contributed by atoms with E-state index in [4.69, 9.17) is 0 Å². The summed E-state index contributed by atoms with van der Waals surface area (Å²) in [4.78, 5) is 28.7. The van der Waals surface area contributed by atoms with E-state index in [0.29, 0.717) is 12.2 Å². The molecular formula is C32H41N3O4S. The molecule has 2 amide bonds. The summed E-state index contributed by atoms with van der Waals surface area (Å²) in [6, 6.07) is 19.0. The largest absolute Gasteiger partial charge is 0.354 e. The Balaban J connectivity index is 2.03. The molecule has 0 radical (unpaired) electrons. The van der Waals surface area contributed by atoms with E-state index in [1.165, 1.54) is 4.90 Å². The Hall–Kier alpha value is -3.65. The highest BCUT2D eigenvalue weighted by Crippen LogP contribution is 2.27. The molecule has 1 atom stereocenters. The van der Waals surface area contributed by atoms with Crippen LogP contribution in [0.5, 0.6) is 0 Å². The van der Waals surface area contributed by atoms with Gasteiger partial charge >= 0.3 is 0 Å². The van der Waals surface area contributed by atoms with Crippen LogP contribution in [0, 0.1) is 27.7 Å². The first-order valence-electron chi connectivity index (χ1n) is 13.7. The average molecular weight is 564 g/mol. The Bertz CT molecular complexity index is 1410. The van der Waals surface area contributed by atoms with Gasteiger partial charge in [-0.25, -0.2) is 8.42 Å².